The smallest absolute Gasteiger partial charge is 0.148 e. The van der Waals surface area contributed by atoms with Gasteiger partial charge in [-0.2, -0.15) is 0 Å². The van der Waals surface area contributed by atoms with Crippen LogP contribution in [0.2, 0.25) is 0 Å². The summed E-state index contributed by atoms with van der Waals surface area (Å²) in [6, 6.07) is 3.07. The molecule has 0 amide bonds. The maximum Gasteiger partial charge on any atom is 0.148 e. The predicted octanol–water partition coefficient (Wildman–Crippen LogP) is 3.43. The van der Waals surface area contributed by atoms with E-state index >= 15 is 0 Å². The van der Waals surface area contributed by atoms with Crippen molar-refractivity contribution >= 4 is 11.4 Å². The first-order chi connectivity index (χ1) is 9.05. The molecule has 0 aromatic heterocycles. The summed E-state index contributed by atoms with van der Waals surface area (Å²) in [5.74, 6) is 0.281. The summed E-state index contributed by atoms with van der Waals surface area (Å²) in [6.45, 7) is 6.23. The molecule has 1 aliphatic heterocycles. The number of benzene rings is 1. The van der Waals surface area contributed by atoms with Crippen LogP contribution in [-0.2, 0) is 0 Å². The standard InChI is InChI=1S/C15H23FN2O/c1-4-15(5-2)6-7-18(10-15)13-9-14(19-3)12(17)8-11(13)16/h8-9H,4-7,10,17H2,1-3H3. The molecule has 0 radical (unpaired) electrons. The number of methoxy groups -OCH3 is 1. The van der Waals surface area contributed by atoms with E-state index in [9.17, 15) is 4.39 Å². The van der Waals surface area contributed by atoms with Crippen LogP contribution in [0.3, 0.4) is 0 Å². The number of hydrogen-bond acceptors (Lipinski definition) is 3. The Balaban J connectivity index is 2.29. The third-order valence-corrected chi connectivity index (χ3v) is 4.58. The maximum atomic E-state index is 14.1. The van der Waals surface area contributed by atoms with E-state index in [0.717, 1.165) is 32.4 Å². The van der Waals surface area contributed by atoms with Crippen molar-refractivity contribution in [2.75, 3.05) is 30.8 Å². The van der Waals surface area contributed by atoms with E-state index in [2.05, 4.69) is 18.7 Å². The van der Waals surface area contributed by atoms with E-state index in [-0.39, 0.29) is 5.82 Å². The van der Waals surface area contributed by atoms with Crippen LogP contribution in [0.15, 0.2) is 12.1 Å². The zero-order chi connectivity index (χ0) is 14.0. The first-order valence-corrected chi connectivity index (χ1v) is 6.93. The molecule has 19 heavy (non-hydrogen) atoms. The van der Waals surface area contributed by atoms with Crippen molar-refractivity contribution in [3.63, 3.8) is 0 Å². The zero-order valence-electron chi connectivity index (χ0n) is 12.0. The molecule has 0 atom stereocenters. The zero-order valence-corrected chi connectivity index (χ0v) is 12.0. The molecule has 0 spiro atoms. The van der Waals surface area contributed by atoms with Crippen LogP contribution < -0.4 is 15.4 Å². The summed E-state index contributed by atoms with van der Waals surface area (Å²) in [7, 11) is 1.56. The van der Waals surface area contributed by atoms with E-state index in [4.69, 9.17) is 10.5 Å². The van der Waals surface area contributed by atoms with E-state index < -0.39 is 0 Å². The number of hydrogen-bond donors (Lipinski definition) is 1. The Bertz CT molecular complexity index is 458. The summed E-state index contributed by atoms with van der Waals surface area (Å²) < 4.78 is 19.3. The van der Waals surface area contributed by atoms with E-state index in [1.54, 1.807) is 13.2 Å². The lowest BCUT2D eigenvalue weighted by atomic mass is 9.82. The largest absolute Gasteiger partial charge is 0.495 e. The maximum absolute atomic E-state index is 14.1. The second-order valence-electron chi connectivity index (χ2n) is 5.42. The molecule has 2 N–H and O–H groups in total. The van der Waals surface area contributed by atoms with Crippen LogP contribution in [0, 0.1) is 11.2 Å². The van der Waals surface area contributed by atoms with Crippen LogP contribution in [-0.4, -0.2) is 20.2 Å². The van der Waals surface area contributed by atoms with Crippen molar-refractivity contribution in [1.82, 2.24) is 0 Å². The second-order valence-corrected chi connectivity index (χ2v) is 5.42. The first-order valence-electron chi connectivity index (χ1n) is 6.93. The number of nitrogens with two attached hydrogens (primary N) is 1. The fourth-order valence-corrected chi connectivity index (χ4v) is 2.95. The van der Waals surface area contributed by atoms with Crippen LogP contribution >= 0.6 is 0 Å². The van der Waals surface area contributed by atoms with Crippen LogP contribution in [0.5, 0.6) is 5.75 Å². The molecule has 0 aliphatic carbocycles. The van der Waals surface area contributed by atoms with Crippen molar-refractivity contribution in [1.29, 1.82) is 0 Å². The molecule has 2 rings (SSSR count). The minimum atomic E-state index is -0.263. The molecule has 1 saturated heterocycles. The van der Waals surface area contributed by atoms with E-state index in [1.165, 1.54) is 6.07 Å². The third-order valence-electron chi connectivity index (χ3n) is 4.58. The quantitative estimate of drug-likeness (QED) is 0.848. The molecule has 0 unspecified atom stereocenters. The van der Waals surface area contributed by atoms with Crippen molar-refractivity contribution in [2.45, 2.75) is 33.1 Å². The fourth-order valence-electron chi connectivity index (χ4n) is 2.95. The molecule has 1 heterocycles. The van der Waals surface area contributed by atoms with Crippen molar-refractivity contribution in [2.24, 2.45) is 5.41 Å². The Hall–Kier alpha value is -1.45. The molecule has 1 aliphatic rings. The Kier molecular flexibility index (Phi) is 3.88. The van der Waals surface area contributed by atoms with Gasteiger partial charge in [-0.05, 0) is 24.7 Å². The summed E-state index contributed by atoms with van der Waals surface area (Å²) in [6.07, 6.45) is 3.38. The molecule has 0 saturated carbocycles. The summed E-state index contributed by atoms with van der Waals surface area (Å²) >= 11 is 0. The predicted molar refractivity (Wildman–Crippen MR) is 77.2 cm³/mol. The number of ether oxygens (including phenoxy) is 1. The fraction of sp³-hybridized carbons (Fsp3) is 0.600. The van der Waals surface area contributed by atoms with Gasteiger partial charge in [-0.1, -0.05) is 13.8 Å². The van der Waals surface area contributed by atoms with Gasteiger partial charge in [0.2, 0.25) is 0 Å². The van der Waals surface area contributed by atoms with Gasteiger partial charge in [0.25, 0.3) is 0 Å². The lowest BCUT2D eigenvalue weighted by molar-refractivity contribution is 0.301. The summed E-state index contributed by atoms with van der Waals surface area (Å²) in [5, 5.41) is 0. The van der Waals surface area contributed by atoms with Crippen LogP contribution in [0.25, 0.3) is 0 Å². The average molecular weight is 266 g/mol. The molecule has 4 heteroatoms. The normalized spacial score (nSPS) is 17.8. The van der Waals surface area contributed by atoms with Gasteiger partial charge in [-0.15, -0.1) is 0 Å². The number of nitrogens with zero attached hydrogens (tertiary/aromatic N) is 1. The lowest BCUT2D eigenvalue weighted by Gasteiger charge is -2.27. The Morgan fingerprint density at radius 1 is 1.37 bits per heavy atom. The number of rotatable bonds is 4. The Labute approximate surface area is 114 Å². The van der Waals surface area contributed by atoms with Crippen molar-refractivity contribution < 1.29 is 9.13 Å². The first kappa shape index (κ1) is 14.0. The van der Waals surface area contributed by atoms with Gasteiger partial charge in [0.05, 0.1) is 18.5 Å². The highest BCUT2D eigenvalue weighted by atomic mass is 19.1. The number of nitrogen functional groups attached to an aromatic ring is 1. The highest BCUT2D eigenvalue weighted by Gasteiger charge is 2.36. The summed E-state index contributed by atoms with van der Waals surface area (Å²) in [5.41, 5.74) is 7.00. The molecule has 0 bridgehead atoms. The minimum Gasteiger partial charge on any atom is -0.495 e. The number of anilines is 2. The monoisotopic (exact) mass is 266 g/mol. The lowest BCUT2D eigenvalue weighted by Crippen LogP contribution is -2.26. The van der Waals surface area contributed by atoms with Gasteiger partial charge < -0.3 is 15.4 Å². The molecule has 1 aromatic carbocycles. The van der Waals surface area contributed by atoms with Gasteiger partial charge in [-0.3, -0.25) is 0 Å². The van der Waals surface area contributed by atoms with E-state index in [1.807, 2.05) is 0 Å². The van der Waals surface area contributed by atoms with Crippen LogP contribution in [0.4, 0.5) is 15.8 Å². The van der Waals surface area contributed by atoms with Crippen molar-refractivity contribution in [3.8, 4) is 5.75 Å². The van der Waals surface area contributed by atoms with Crippen molar-refractivity contribution in [3.05, 3.63) is 17.9 Å². The van der Waals surface area contributed by atoms with Gasteiger partial charge >= 0.3 is 0 Å². The van der Waals surface area contributed by atoms with E-state index in [0.29, 0.717) is 22.5 Å². The van der Waals surface area contributed by atoms with Gasteiger partial charge in [0.15, 0.2) is 0 Å². The molecule has 1 aromatic rings. The highest BCUT2D eigenvalue weighted by Crippen LogP contribution is 2.41. The molecule has 1 fully saturated rings. The third kappa shape index (κ3) is 2.48. The van der Waals surface area contributed by atoms with Crippen LogP contribution in [0.1, 0.15) is 33.1 Å². The molecular weight excluding hydrogens is 243 g/mol. The topological polar surface area (TPSA) is 38.5 Å². The highest BCUT2D eigenvalue weighted by molar-refractivity contribution is 5.63. The van der Waals surface area contributed by atoms with Gasteiger partial charge in [0, 0.05) is 25.2 Å². The molecular formula is C15H23FN2O. The average Bonchev–Trinajstić information content (AvgIpc) is 2.84. The minimum absolute atomic E-state index is 0.263. The molecule has 106 valence electrons. The second kappa shape index (κ2) is 5.27. The van der Waals surface area contributed by atoms with Gasteiger partial charge in [0.1, 0.15) is 11.6 Å². The number of halogens is 1. The SMILES string of the molecule is CCC1(CC)CCN(c2cc(OC)c(N)cc2F)C1. The summed E-state index contributed by atoms with van der Waals surface area (Å²) in [4.78, 5) is 2.12. The van der Waals surface area contributed by atoms with Gasteiger partial charge in [-0.25, -0.2) is 4.39 Å². The Morgan fingerprint density at radius 2 is 2.05 bits per heavy atom. The Morgan fingerprint density at radius 3 is 2.58 bits per heavy atom. The molecule has 3 nitrogen and oxygen atoms in total.